The standard InChI is InChI=1S/C16H19O/c1-12-10-14(13-8-6-5-7-9-13)11-15(17-12)16(2,3)4/h5-11H,1-4H3/q+1. The van der Waals surface area contributed by atoms with Crippen LogP contribution in [0.4, 0.5) is 0 Å². The Kier molecular flexibility index (Phi) is 3.01. The average molecular weight is 227 g/mol. The van der Waals surface area contributed by atoms with E-state index in [2.05, 4.69) is 57.2 Å². The fourth-order valence-electron chi connectivity index (χ4n) is 1.80. The van der Waals surface area contributed by atoms with Gasteiger partial charge in [-0.1, -0.05) is 30.3 Å². The first-order chi connectivity index (χ1) is 7.97. The highest BCUT2D eigenvalue weighted by Gasteiger charge is 2.27. The molecule has 1 heteroatoms. The minimum atomic E-state index is 0.0373. The maximum atomic E-state index is 5.80. The van der Waals surface area contributed by atoms with Gasteiger partial charge in [-0.25, -0.2) is 4.42 Å². The maximum Gasteiger partial charge on any atom is 0.335 e. The molecule has 0 aliphatic heterocycles. The number of benzene rings is 1. The van der Waals surface area contributed by atoms with Crippen molar-refractivity contribution in [1.29, 1.82) is 0 Å². The molecule has 0 spiro atoms. The second kappa shape index (κ2) is 4.33. The van der Waals surface area contributed by atoms with E-state index < -0.39 is 0 Å². The molecule has 1 aromatic carbocycles. The number of hydrogen-bond donors (Lipinski definition) is 0. The second-order valence-electron chi connectivity index (χ2n) is 5.44. The van der Waals surface area contributed by atoms with Crippen LogP contribution in [-0.2, 0) is 5.41 Å². The van der Waals surface area contributed by atoms with Gasteiger partial charge in [-0.2, -0.15) is 0 Å². The molecule has 0 saturated carbocycles. The Hall–Kier alpha value is -1.63. The molecule has 17 heavy (non-hydrogen) atoms. The van der Waals surface area contributed by atoms with Crippen LogP contribution in [0.5, 0.6) is 0 Å². The van der Waals surface area contributed by atoms with Crippen LogP contribution in [0.15, 0.2) is 46.9 Å². The zero-order valence-electron chi connectivity index (χ0n) is 10.9. The first-order valence-electron chi connectivity index (χ1n) is 5.97. The molecular weight excluding hydrogens is 208 g/mol. The van der Waals surface area contributed by atoms with Crippen molar-refractivity contribution in [3.63, 3.8) is 0 Å². The first-order valence-corrected chi connectivity index (χ1v) is 5.97. The molecule has 0 amide bonds. The molecule has 1 nitrogen and oxygen atoms in total. The Bertz CT molecular complexity index is 507. The molecule has 0 aliphatic rings. The molecule has 0 N–H and O–H groups in total. The number of hydrogen-bond acceptors (Lipinski definition) is 0. The molecule has 1 heterocycles. The molecule has 1 aromatic heterocycles. The SMILES string of the molecule is Cc1cc(-c2ccccc2)cc(C(C)(C)C)[o+]1. The quantitative estimate of drug-likeness (QED) is 0.635. The van der Waals surface area contributed by atoms with Crippen LogP contribution in [0.1, 0.15) is 32.3 Å². The highest BCUT2D eigenvalue weighted by Crippen LogP contribution is 2.28. The predicted octanol–water partition coefficient (Wildman–Crippen LogP) is 4.83. The molecule has 88 valence electrons. The fourth-order valence-corrected chi connectivity index (χ4v) is 1.80. The molecule has 0 aliphatic carbocycles. The lowest BCUT2D eigenvalue weighted by atomic mass is 9.91. The maximum absolute atomic E-state index is 5.80. The molecule has 0 fully saturated rings. The van der Waals surface area contributed by atoms with Crippen molar-refractivity contribution in [2.24, 2.45) is 0 Å². The van der Waals surface area contributed by atoms with Gasteiger partial charge in [-0.05, 0) is 31.9 Å². The van der Waals surface area contributed by atoms with E-state index in [1.54, 1.807) is 0 Å². The van der Waals surface area contributed by atoms with Crippen molar-refractivity contribution in [3.8, 4) is 11.1 Å². The van der Waals surface area contributed by atoms with Gasteiger partial charge in [0.15, 0.2) is 0 Å². The summed E-state index contributed by atoms with van der Waals surface area (Å²) in [4.78, 5) is 0. The lowest BCUT2D eigenvalue weighted by Crippen LogP contribution is -2.11. The van der Waals surface area contributed by atoms with Gasteiger partial charge in [0.1, 0.15) is 0 Å². The second-order valence-corrected chi connectivity index (χ2v) is 5.44. The minimum Gasteiger partial charge on any atom is -0.217 e. The summed E-state index contributed by atoms with van der Waals surface area (Å²) < 4.78 is 5.80. The van der Waals surface area contributed by atoms with Gasteiger partial charge in [-0.15, -0.1) is 0 Å². The molecule has 2 aromatic rings. The summed E-state index contributed by atoms with van der Waals surface area (Å²) in [6.45, 7) is 8.50. The Balaban J connectivity index is 2.54. The molecule has 0 saturated heterocycles. The van der Waals surface area contributed by atoms with Gasteiger partial charge in [0.2, 0.25) is 0 Å². The molecule has 0 bridgehead atoms. The van der Waals surface area contributed by atoms with Crippen molar-refractivity contribution in [2.75, 3.05) is 0 Å². The predicted molar refractivity (Wildman–Crippen MR) is 72.0 cm³/mol. The summed E-state index contributed by atoms with van der Waals surface area (Å²) in [5.74, 6) is 1.98. The van der Waals surface area contributed by atoms with Crippen LogP contribution in [-0.4, -0.2) is 0 Å². The third kappa shape index (κ3) is 2.73. The fraction of sp³-hybridized carbons (Fsp3) is 0.312. The van der Waals surface area contributed by atoms with E-state index in [1.165, 1.54) is 11.1 Å². The van der Waals surface area contributed by atoms with Gasteiger partial charge < -0.3 is 0 Å². The number of aryl methyl sites for hydroxylation is 1. The average Bonchev–Trinajstić information content (AvgIpc) is 2.28. The van der Waals surface area contributed by atoms with Crippen molar-refractivity contribution in [2.45, 2.75) is 33.1 Å². The van der Waals surface area contributed by atoms with E-state index in [-0.39, 0.29) is 5.41 Å². The third-order valence-corrected chi connectivity index (χ3v) is 2.76. The molecule has 0 radical (unpaired) electrons. The van der Waals surface area contributed by atoms with Gasteiger partial charge in [0.05, 0.1) is 12.3 Å². The van der Waals surface area contributed by atoms with Crippen LogP contribution in [0, 0.1) is 6.92 Å². The smallest absolute Gasteiger partial charge is 0.217 e. The van der Waals surface area contributed by atoms with Crippen LogP contribution in [0.3, 0.4) is 0 Å². The van der Waals surface area contributed by atoms with E-state index in [0.29, 0.717) is 0 Å². The normalized spacial score (nSPS) is 11.5. The topological polar surface area (TPSA) is 11.3 Å². The van der Waals surface area contributed by atoms with Gasteiger partial charge in [0.25, 0.3) is 0 Å². The summed E-state index contributed by atoms with van der Waals surface area (Å²) in [5, 5.41) is 0. The van der Waals surface area contributed by atoms with Crippen molar-refractivity contribution in [1.82, 2.24) is 0 Å². The van der Waals surface area contributed by atoms with Crippen LogP contribution in [0.25, 0.3) is 11.1 Å². The third-order valence-electron chi connectivity index (χ3n) is 2.76. The van der Waals surface area contributed by atoms with Crippen molar-refractivity contribution < 1.29 is 4.42 Å². The van der Waals surface area contributed by atoms with E-state index in [9.17, 15) is 0 Å². The van der Waals surface area contributed by atoms with Crippen LogP contribution >= 0.6 is 0 Å². The summed E-state index contributed by atoms with van der Waals surface area (Å²) in [5.41, 5.74) is 2.49. The summed E-state index contributed by atoms with van der Waals surface area (Å²) in [6, 6.07) is 14.6. The Labute approximate surface area is 103 Å². The van der Waals surface area contributed by atoms with Gasteiger partial charge >= 0.3 is 11.5 Å². The first kappa shape index (κ1) is 11.8. The summed E-state index contributed by atoms with van der Waals surface area (Å²) >= 11 is 0. The lowest BCUT2D eigenvalue weighted by molar-refractivity contribution is 0.382. The largest absolute Gasteiger partial charge is 0.335 e. The van der Waals surface area contributed by atoms with Crippen molar-refractivity contribution in [3.05, 3.63) is 54.0 Å². The zero-order chi connectivity index (χ0) is 12.5. The molecule has 0 atom stereocenters. The minimum absolute atomic E-state index is 0.0373. The highest BCUT2D eigenvalue weighted by molar-refractivity contribution is 5.63. The Morgan fingerprint density at radius 2 is 1.53 bits per heavy atom. The van der Waals surface area contributed by atoms with Crippen LogP contribution < -0.4 is 0 Å². The molecular formula is C16H19O+. The van der Waals surface area contributed by atoms with E-state index in [1.807, 2.05) is 13.0 Å². The van der Waals surface area contributed by atoms with E-state index >= 15 is 0 Å². The van der Waals surface area contributed by atoms with Crippen molar-refractivity contribution >= 4 is 0 Å². The number of rotatable bonds is 1. The van der Waals surface area contributed by atoms with Gasteiger partial charge in [0, 0.05) is 12.1 Å². The van der Waals surface area contributed by atoms with E-state index in [4.69, 9.17) is 4.42 Å². The van der Waals surface area contributed by atoms with E-state index in [0.717, 1.165) is 11.5 Å². The molecule has 0 unspecified atom stereocenters. The zero-order valence-corrected chi connectivity index (χ0v) is 10.9. The Morgan fingerprint density at radius 1 is 0.882 bits per heavy atom. The monoisotopic (exact) mass is 227 g/mol. The van der Waals surface area contributed by atoms with Gasteiger partial charge in [-0.3, -0.25) is 0 Å². The lowest BCUT2D eigenvalue weighted by Gasteiger charge is -2.10. The summed E-state index contributed by atoms with van der Waals surface area (Å²) in [6.07, 6.45) is 0. The highest BCUT2D eigenvalue weighted by atomic mass is 16.3. The van der Waals surface area contributed by atoms with Crippen LogP contribution in [0.2, 0.25) is 0 Å². The Morgan fingerprint density at radius 3 is 2.12 bits per heavy atom. The molecule has 2 rings (SSSR count). The summed E-state index contributed by atoms with van der Waals surface area (Å²) in [7, 11) is 0.